The predicted molar refractivity (Wildman–Crippen MR) is 54.0 cm³/mol. The zero-order valence-corrected chi connectivity index (χ0v) is 8.50. The Labute approximate surface area is 84.2 Å². The highest BCUT2D eigenvalue weighted by molar-refractivity contribution is 7.86. The molecule has 14 heavy (non-hydrogen) atoms. The molecule has 0 spiro atoms. The molecule has 1 unspecified atom stereocenters. The first-order chi connectivity index (χ1) is 6.65. The van der Waals surface area contributed by atoms with E-state index < -0.39 is 10.8 Å². The van der Waals surface area contributed by atoms with Crippen LogP contribution in [0.2, 0.25) is 0 Å². The third-order valence-electron chi connectivity index (χ3n) is 1.60. The summed E-state index contributed by atoms with van der Waals surface area (Å²) in [5.41, 5.74) is 5.89. The lowest BCUT2D eigenvalue weighted by Crippen LogP contribution is -2.24. The fraction of sp³-hybridized carbons (Fsp3) is 0.250. The molecule has 1 rings (SSSR count). The SMILES string of the molecule is CNC(=O)CS(=O)c1ccncc1N. The van der Waals surface area contributed by atoms with Gasteiger partial charge < -0.3 is 11.1 Å². The van der Waals surface area contributed by atoms with Gasteiger partial charge in [0.2, 0.25) is 5.91 Å². The maximum Gasteiger partial charge on any atom is 0.232 e. The van der Waals surface area contributed by atoms with Crippen LogP contribution in [0.4, 0.5) is 5.69 Å². The van der Waals surface area contributed by atoms with Crippen molar-refractivity contribution in [3.63, 3.8) is 0 Å². The highest BCUT2D eigenvalue weighted by atomic mass is 32.2. The van der Waals surface area contributed by atoms with Crippen LogP contribution in [0.5, 0.6) is 0 Å². The van der Waals surface area contributed by atoms with E-state index in [-0.39, 0.29) is 11.7 Å². The van der Waals surface area contributed by atoms with Crippen molar-refractivity contribution < 1.29 is 9.00 Å². The number of hydrogen-bond donors (Lipinski definition) is 2. The molecule has 1 atom stereocenters. The zero-order valence-electron chi connectivity index (χ0n) is 7.69. The smallest absolute Gasteiger partial charge is 0.232 e. The van der Waals surface area contributed by atoms with Gasteiger partial charge in [-0.1, -0.05) is 0 Å². The van der Waals surface area contributed by atoms with Crippen LogP contribution < -0.4 is 11.1 Å². The Morgan fingerprint density at radius 1 is 1.71 bits per heavy atom. The molecule has 0 aliphatic rings. The number of carbonyl (C=O) groups excluding carboxylic acids is 1. The van der Waals surface area contributed by atoms with Gasteiger partial charge in [0, 0.05) is 13.2 Å². The third-order valence-corrected chi connectivity index (χ3v) is 2.98. The zero-order chi connectivity index (χ0) is 10.6. The first-order valence-electron chi connectivity index (χ1n) is 3.93. The summed E-state index contributed by atoms with van der Waals surface area (Å²) in [5.74, 6) is -0.357. The average Bonchev–Trinajstić information content (AvgIpc) is 2.18. The minimum atomic E-state index is -1.40. The molecule has 0 aromatic carbocycles. The molecule has 0 saturated carbocycles. The first kappa shape index (κ1) is 10.6. The topological polar surface area (TPSA) is 85.1 Å². The number of carbonyl (C=O) groups is 1. The van der Waals surface area contributed by atoms with Crippen LogP contribution in [-0.2, 0) is 15.6 Å². The molecule has 1 aromatic heterocycles. The summed E-state index contributed by atoms with van der Waals surface area (Å²) in [6, 6.07) is 1.55. The van der Waals surface area contributed by atoms with Crippen LogP contribution in [0.1, 0.15) is 0 Å². The molecule has 0 bridgehead atoms. The van der Waals surface area contributed by atoms with Crippen LogP contribution in [-0.4, -0.2) is 27.9 Å². The van der Waals surface area contributed by atoms with Gasteiger partial charge in [-0.2, -0.15) is 0 Å². The third kappa shape index (κ3) is 2.53. The van der Waals surface area contributed by atoms with Crippen LogP contribution in [0.3, 0.4) is 0 Å². The molecule has 0 aliphatic carbocycles. The van der Waals surface area contributed by atoms with Gasteiger partial charge >= 0.3 is 0 Å². The monoisotopic (exact) mass is 213 g/mol. The number of aromatic nitrogens is 1. The molecule has 1 aromatic rings. The van der Waals surface area contributed by atoms with Gasteiger partial charge in [-0.15, -0.1) is 0 Å². The van der Waals surface area contributed by atoms with E-state index in [4.69, 9.17) is 5.73 Å². The normalized spacial score (nSPS) is 12.1. The molecule has 1 heterocycles. The van der Waals surface area contributed by atoms with Gasteiger partial charge in [-0.3, -0.25) is 14.0 Å². The summed E-state index contributed by atoms with van der Waals surface area (Å²) in [6.07, 6.45) is 2.91. The highest BCUT2D eigenvalue weighted by Crippen LogP contribution is 2.13. The quantitative estimate of drug-likeness (QED) is 0.710. The van der Waals surface area contributed by atoms with Crippen LogP contribution in [0.15, 0.2) is 23.4 Å². The van der Waals surface area contributed by atoms with Gasteiger partial charge in [-0.25, -0.2) is 0 Å². The van der Waals surface area contributed by atoms with E-state index in [0.29, 0.717) is 10.6 Å². The van der Waals surface area contributed by atoms with Gasteiger partial charge in [0.15, 0.2) is 0 Å². The predicted octanol–water partition coefficient (Wildman–Crippen LogP) is -0.483. The summed E-state index contributed by atoms with van der Waals surface area (Å²) < 4.78 is 11.6. The minimum Gasteiger partial charge on any atom is -0.396 e. The largest absolute Gasteiger partial charge is 0.396 e. The molecule has 0 saturated heterocycles. The van der Waals surface area contributed by atoms with E-state index >= 15 is 0 Å². The summed E-state index contributed by atoms with van der Waals surface area (Å²) in [7, 11) is 0.0935. The lowest BCUT2D eigenvalue weighted by atomic mass is 10.4. The van der Waals surface area contributed by atoms with E-state index in [1.54, 1.807) is 6.07 Å². The lowest BCUT2D eigenvalue weighted by Gasteiger charge is -2.03. The number of nitrogens with two attached hydrogens (primary N) is 1. The van der Waals surface area contributed by atoms with E-state index in [1.807, 2.05) is 0 Å². The maximum atomic E-state index is 11.6. The van der Waals surface area contributed by atoms with E-state index in [2.05, 4.69) is 10.3 Å². The lowest BCUT2D eigenvalue weighted by molar-refractivity contribution is -0.118. The van der Waals surface area contributed by atoms with Crippen molar-refractivity contribution >= 4 is 22.4 Å². The van der Waals surface area contributed by atoms with Crippen molar-refractivity contribution in [1.82, 2.24) is 10.3 Å². The molecule has 5 nitrogen and oxygen atoms in total. The summed E-state index contributed by atoms with van der Waals surface area (Å²) in [5, 5.41) is 2.40. The number of nitrogens with one attached hydrogen (secondary N) is 1. The van der Waals surface area contributed by atoms with Crippen molar-refractivity contribution in [3.8, 4) is 0 Å². The standard InChI is InChI=1S/C8H11N3O2S/c1-10-8(12)5-14(13)7-2-3-11-4-6(7)9/h2-4H,5,9H2,1H3,(H,10,12). The molecule has 3 N–H and O–H groups in total. The second-order valence-corrected chi connectivity index (χ2v) is 4.00. The number of hydrogen-bond acceptors (Lipinski definition) is 4. The second kappa shape index (κ2) is 4.71. The molecule has 76 valence electrons. The number of amides is 1. The van der Waals surface area contributed by atoms with Gasteiger partial charge in [0.25, 0.3) is 0 Å². The van der Waals surface area contributed by atoms with Crippen LogP contribution in [0.25, 0.3) is 0 Å². The van der Waals surface area contributed by atoms with E-state index in [0.717, 1.165) is 0 Å². The number of anilines is 1. The Morgan fingerprint density at radius 2 is 2.43 bits per heavy atom. The molecule has 0 fully saturated rings. The van der Waals surface area contributed by atoms with Crippen LogP contribution in [0, 0.1) is 0 Å². The van der Waals surface area contributed by atoms with Gasteiger partial charge in [-0.05, 0) is 6.07 Å². The fourth-order valence-corrected chi connectivity index (χ4v) is 1.94. The van der Waals surface area contributed by atoms with Crippen LogP contribution >= 0.6 is 0 Å². The van der Waals surface area contributed by atoms with E-state index in [1.165, 1.54) is 19.4 Å². The summed E-state index contributed by atoms with van der Waals surface area (Å²) in [6.45, 7) is 0. The number of rotatable bonds is 3. The highest BCUT2D eigenvalue weighted by Gasteiger charge is 2.11. The molecule has 0 aliphatic heterocycles. The van der Waals surface area contributed by atoms with Gasteiger partial charge in [0.1, 0.15) is 5.75 Å². The number of nitrogens with zero attached hydrogens (tertiary/aromatic N) is 1. The van der Waals surface area contributed by atoms with Crippen molar-refractivity contribution in [2.75, 3.05) is 18.5 Å². The maximum absolute atomic E-state index is 11.6. The van der Waals surface area contributed by atoms with Crippen molar-refractivity contribution in [3.05, 3.63) is 18.5 Å². The van der Waals surface area contributed by atoms with Crippen molar-refractivity contribution in [1.29, 1.82) is 0 Å². The Bertz CT molecular complexity index is 367. The number of pyridine rings is 1. The van der Waals surface area contributed by atoms with E-state index in [9.17, 15) is 9.00 Å². The molecule has 6 heteroatoms. The molecular formula is C8H11N3O2S. The molecule has 1 amide bonds. The Kier molecular flexibility index (Phi) is 3.58. The Morgan fingerprint density at radius 3 is 3.00 bits per heavy atom. The molecular weight excluding hydrogens is 202 g/mol. The fourth-order valence-electron chi connectivity index (χ4n) is 0.870. The molecule has 0 radical (unpaired) electrons. The minimum absolute atomic E-state index is 0.0787. The summed E-state index contributed by atoms with van der Waals surface area (Å²) >= 11 is 0. The Hall–Kier alpha value is -1.43. The number of nitrogen functional groups attached to an aromatic ring is 1. The van der Waals surface area contributed by atoms with Gasteiger partial charge in [0.05, 0.1) is 27.6 Å². The Balaban J connectivity index is 2.80. The van der Waals surface area contributed by atoms with Crippen molar-refractivity contribution in [2.24, 2.45) is 0 Å². The first-order valence-corrected chi connectivity index (χ1v) is 5.25. The van der Waals surface area contributed by atoms with Crippen molar-refractivity contribution in [2.45, 2.75) is 4.90 Å². The average molecular weight is 213 g/mol. The second-order valence-electron chi connectivity index (χ2n) is 2.58. The summed E-state index contributed by atoms with van der Waals surface area (Å²) in [4.78, 5) is 15.2.